The Bertz CT molecular complexity index is 736. The quantitative estimate of drug-likeness (QED) is 0.685. The summed E-state index contributed by atoms with van der Waals surface area (Å²) >= 11 is 12.1. The fourth-order valence-electron chi connectivity index (χ4n) is 4.65. The fourth-order valence-corrected chi connectivity index (χ4v) is 4.94. The highest BCUT2D eigenvalue weighted by Crippen LogP contribution is 2.46. The number of piperidine rings is 1. The van der Waals surface area contributed by atoms with Crippen molar-refractivity contribution in [1.29, 1.82) is 0 Å². The van der Waals surface area contributed by atoms with Gasteiger partial charge in [0, 0.05) is 24.1 Å². The second kappa shape index (κ2) is 7.19. The van der Waals surface area contributed by atoms with E-state index in [2.05, 4.69) is 42.3 Å². The minimum Gasteiger partial charge on any atom is -0.493 e. The van der Waals surface area contributed by atoms with E-state index in [1.165, 1.54) is 24.8 Å². The molecule has 2 heterocycles. The van der Waals surface area contributed by atoms with Gasteiger partial charge in [0.15, 0.2) is 0 Å². The normalized spacial score (nSPS) is 28.9. The molecule has 4 rings (SSSR count). The first-order valence-corrected chi connectivity index (χ1v) is 9.74. The number of benzene rings is 2. The molecule has 0 spiro atoms. The van der Waals surface area contributed by atoms with E-state index in [0.29, 0.717) is 40.6 Å². The maximum atomic E-state index is 6.16. The van der Waals surface area contributed by atoms with E-state index in [0.717, 1.165) is 5.75 Å². The minimum absolute atomic E-state index is 0.487. The van der Waals surface area contributed by atoms with Gasteiger partial charge in [-0.15, -0.1) is 0 Å². The van der Waals surface area contributed by atoms with Crippen LogP contribution in [0.2, 0.25) is 10.0 Å². The number of halogens is 2. The van der Waals surface area contributed by atoms with Gasteiger partial charge in [0.05, 0.1) is 16.7 Å². The molecule has 0 amide bonds. The van der Waals surface area contributed by atoms with Crippen molar-refractivity contribution >= 4 is 23.2 Å². The maximum absolute atomic E-state index is 6.16. The summed E-state index contributed by atoms with van der Waals surface area (Å²) in [6.07, 6.45) is 3.78. The molecule has 132 valence electrons. The van der Waals surface area contributed by atoms with Gasteiger partial charge in [-0.05, 0) is 49.9 Å². The van der Waals surface area contributed by atoms with Crippen molar-refractivity contribution in [3.8, 4) is 5.75 Å². The summed E-state index contributed by atoms with van der Waals surface area (Å²) in [6, 6.07) is 17.7. The van der Waals surface area contributed by atoms with E-state index in [9.17, 15) is 0 Å². The Labute approximate surface area is 159 Å². The first-order valence-electron chi connectivity index (χ1n) is 8.98. The minimum atomic E-state index is 0.487. The fraction of sp³-hybridized carbons (Fsp3) is 0.429. The lowest BCUT2D eigenvalue weighted by Crippen LogP contribution is -2.47. The summed E-state index contributed by atoms with van der Waals surface area (Å²) < 4.78 is 6.16. The Morgan fingerprint density at radius 3 is 2.60 bits per heavy atom. The molecule has 0 aromatic heterocycles. The predicted octanol–water partition coefficient (Wildman–Crippen LogP) is 5.64. The van der Waals surface area contributed by atoms with Crippen LogP contribution in [0.3, 0.4) is 0 Å². The molecule has 4 atom stereocenters. The summed E-state index contributed by atoms with van der Waals surface area (Å²) in [5, 5.41) is 1.10. The highest BCUT2D eigenvalue weighted by atomic mass is 35.5. The first-order chi connectivity index (χ1) is 12.1. The SMILES string of the molecule is CN1C2CCC1C(COc1ccc(Cl)c(Cl)c1)C(c1ccccc1)C2. The van der Waals surface area contributed by atoms with E-state index in [4.69, 9.17) is 27.9 Å². The van der Waals surface area contributed by atoms with E-state index in [-0.39, 0.29) is 0 Å². The Balaban J connectivity index is 1.56. The lowest BCUT2D eigenvalue weighted by atomic mass is 9.76. The monoisotopic (exact) mass is 375 g/mol. The van der Waals surface area contributed by atoms with Crippen LogP contribution >= 0.6 is 23.2 Å². The number of fused-ring (bicyclic) bond motifs is 2. The van der Waals surface area contributed by atoms with Gasteiger partial charge < -0.3 is 9.64 Å². The molecule has 0 aliphatic carbocycles. The Hall–Kier alpha value is -1.22. The molecule has 4 heteroatoms. The van der Waals surface area contributed by atoms with Crippen molar-refractivity contribution in [2.24, 2.45) is 5.92 Å². The summed E-state index contributed by atoms with van der Waals surface area (Å²) in [6.45, 7) is 0.708. The maximum Gasteiger partial charge on any atom is 0.120 e. The van der Waals surface area contributed by atoms with Gasteiger partial charge in [-0.1, -0.05) is 53.5 Å². The average Bonchev–Trinajstić information content (AvgIpc) is 2.87. The molecule has 2 aromatic rings. The lowest BCUT2D eigenvalue weighted by Gasteiger charge is -2.43. The molecule has 2 nitrogen and oxygen atoms in total. The Kier molecular flexibility index (Phi) is 4.95. The highest BCUT2D eigenvalue weighted by molar-refractivity contribution is 6.42. The molecule has 2 aromatic carbocycles. The molecular formula is C21H23Cl2NO. The molecule has 25 heavy (non-hydrogen) atoms. The lowest BCUT2D eigenvalue weighted by molar-refractivity contribution is 0.0666. The van der Waals surface area contributed by atoms with Crippen molar-refractivity contribution < 1.29 is 4.74 Å². The van der Waals surface area contributed by atoms with Crippen LogP contribution in [-0.4, -0.2) is 30.6 Å². The Morgan fingerprint density at radius 2 is 1.84 bits per heavy atom. The van der Waals surface area contributed by atoms with Gasteiger partial charge in [0.1, 0.15) is 5.75 Å². The first kappa shape index (κ1) is 17.2. The second-order valence-corrected chi connectivity index (χ2v) is 8.08. The zero-order valence-corrected chi connectivity index (χ0v) is 15.9. The molecule has 2 aliphatic rings. The smallest absolute Gasteiger partial charge is 0.120 e. The van der Waals surface area contributed by atoms with Gasteiger partial charge in [0.25, 0.3) is 0 Å². The number of nitrogens with zero attached hydrogens (tertiary/aromatic N) is 1. The molecule has 2 fully saturated rings. The van der Waals surface area contributed by atoms with Crippen molar-refractivity contribution in [3.05, 3.63) is 64.1 Å². The standard InChI is InChI=1S/C21H23Cl2NO/c1-24-15-7-10-21(24)18(17(11-15)14-5-3-2-4-6-14)13-25-16-8-9-19(22)20(23)12-16/h2-6,8-9,12,15,17-18,21H,7,10-11,13H2,1H3. The van der Waals surface area contributed by atoms with E-state index in [1.54, 1.807) is 6.07 Å². The van der Waals surface area contributed by atoms with Crippen LogP contribution < -0.4 is 4.74 Å². The summed E-state index contributed by atoms with van der Waals surface area (Å²) in [7, 11) is 2.27. The largest absolute Gasteiger partial charge is 0.493 e. The number of hydrogen-bond acceptors (Lipinski definition) is 2. The van der Waals surface area contributed by atoms with Gasteiger partial charge in [0.2, 0.25) is 0 Å². The summed E-state index contributed by atoms with van der Waals surface area (Å²) in [5.41, 5.74) is 1.44. The molecule has 4 unspecified atom stereocenters. The van der Waals surface area contributed by atoms with Gasteiger partial charge in [-0.25, -0.2) is 0 Å². The number of rotatable bonds is 4. The molecular weight excluding hydrogens is 353 g/mol. The molecule has 2 aliphatic heterocycles. The zero-order valence-electron chi connectivity index (χ0n) is 14.4. The molecule has 0 N–H and O–H groups in total. The third-order valence-electron chi connectivity index (χ3n) is 5.99. The van der Waals surface area contributed by atoms with Gasteiger partial charge >= 0.3 is 0 Å². The molecule has 0 radical (unpaired) electrons. The Morgan fingerprint density at radius 1 is 1.04 bits per heavy atom. The van der Waals surface area contributed by atoms with Crippen molar-refractivity contribution in [3.63, 3.8) is 0 Å². The predicted molar refractivity (Wildman–Crippen MR) is 104 cm³/mol. The van der Waals surface area contributed by atoms with Crippen molar-refractivity contribution in [1.82, 2.24) is 4.90 Å². The summed E-state index contributed by atoms with van der Waals surface area (Å²) in [5.74, 6) is 1.84. The topological polar surface area (TPSA) is 12.5 Å². The molecule has 0 saturated carbocycles. The summed E-state index contributed by atoms with van der Waals surface area (Å²) in [4.78, 5) is 2.57. The van der Waals surface area contributed by atoms with E-state index in [1.807, 2.05) is 12.1 Å². The van der Waals surface area contributed by atoms with Crippen LogP contribution in [0.1, 0.15) is 30.7 Å². The second-order valence-electron chi connectivity index (χ2n) is 7.27. The average molecular weight is 376 g/mol. The number of hydrogen-bond donors (Lipinski definition) is 0. The molecule has 2 saturated heterocycles. The van der Waals surface area contributed by atoms with Crippen LogP contribution in [0, 0.1) is 5.92 Å². The molecule has 2 bridgehead atoms. The highest BCUT2D eigenvalue weighted by Gasteiger charge is 2.46. The third kappa shape index (κ3) is 3.40. The van der Waals surface area contributed by atoms with Crippen molar-refractivity contribution in [2.45, 2.75) is 37.3 Å². The van der Waals surface area contributed by atoms with Gasteiger partial charge in [-0.3, -0.25) is 0 Å². The van der Waals surface area contributed by atoms with Crippen molar-refractivity contribution in [2.75, 3.05) is 13.7 Å². The van der Waals surface area contributed by atoms with Crippen LogP contribution in [0.5, 0.6) is 5.75 Å². The van der Waals surface area contributed by atoms with Crippen LogP contribution in [0.25, 0.3) is 0 Å². The van der Waals surface area contributed by atoms with E-state index < -0.39 is 0 Å². The zero-order chi connectivity index (χ0) is 17.4. The third-order valence-corrected chi connectivity index (χ3v) is 6.73. The van der Waals surface area contributed by atoms with Gasteiger partial charge in [-0.2, -0.15) is 0 Å². The van der Waals surface area contributed by atoms with E-state index >= 15 is 0 Å². The number of ether oxygens (including phenoxy) is 1. The van der Waals surface area contributed by atoms with Crippen LogP contribution in [0.15, 0.2) is 48.5 Å². The van der Waals surface area contributed by atoms with Crippen LogP contribution in [-0.2, 0) is 0 Å². The van der Waals surface area contributed by atoms with Crippen LogP contribution in [0.4, 0.5) is 0 Å².